The van der Waals surface area contributed by atoms with Crippen LogP contribution in [0.15, 0.2) is 48.5 Å². The minimum atomic E-state index is 0.644. The Bertz CT molecular complexity index is 928. The van der Waals surface area contributed by atoms with Crippen LogP contribution in [-0.2, 0) is 30.9 Å². The number of hydrogen-bond donors (Lipinski definition) is 1. The van der Waals surface area contributed by atoms with Crippen molar-refractivity contribution in [3.63, 3.8) is 0 Å². The summed E-state index contributed by atoms with van der Waals surface area (Å²) in [4.78, 5) is 1.74. The van der Waals surface area contributed by atoms with E-state index >= 15 is 0 Å². The third-order valence-corrected chi connectivity index (χ3v) is 6.26. The molecule has 2 aliphatic rings. The number of fused-ring (bicyclic) bond motifs is 3. The molecule has 1 unspecified atom stereocenters. The molecule has 3 heteroatoms. The van der Waals surface area contributed by atoms with Crippen molar-refractivity contribution >= 4 is 10.9 Å². The SMILES string of the molecule is COCc1ccc2c(c1)c1c3n2CC[NH+](Cc2ccccc2)[C@H]3CCC1. The number of quaternary nitrogens is 1. The summed E-state index contributed by atoms with van der Waals surface area (Å²) in [5.74, 6) is 0. The topological polar surface area (TPSA) is 18.6 Å². The van der Waals surface area contributed by atoms with Crippen LogP contribution >= 0.6 is 0 Å². The molecule has 2 heterocycles. The minimum Gasteiger partial charge on any atom is -0.380 e. The zero-order chi connectivity index (χ0) is 17.5. The van der Waals surface area contributed by atoms with Gasteiger partial charge in [-0.25, -0.2) is 0 Å². The van der Waals surface area contributed by atoms with Crippen LogP contribution < -0.4 is 4.90 Å². The van der Waals surface area contributed by atoms with Gasteiger partial charge in [0.1, 0.15) is 12.6 Å². The van der Waals surface area contributed by atoms with Gasteiger partial charge in [0.15, 0.2) is 0 Å². The zero-order valence-electron chi connectivity index (χ0n) is 15.5. The molecular formula is C23H27N2O+. The van der Waals surface area contributed by atoms with E-state index in [0.717, 1.165) is 13.1 Å². The van der Waals surface area contributed by atoms with Crippen molar-refractivity contribution in [1.29, 1.82) is 0 Å². The van der Waals surface area contributed by atoms with Gasteiger partial charge in [-0.15, -0.1) is 0 Å². The Balaban J connectivity index is 1.56. The second kappa shape index (κ2) is 6.57. The van der Waals surface area contributed by atoms with Gasteiger partial charge in [-0.1, -0.05) is 36.4 Å². The molecule has 5 rings (SSSR count). The summed E-state index contributed by atoms with van der Waals surface area (Å²) in [6.45, 7) is 4.19. The van der Waals surface area contributed by atoms with Crippen LogP contribution in [0.5, 0.6) is 0 Å². The molecule has 0 fully saturated rings. The Labute approximate surface area is 155 Å². The number of rotatable bonds is 4. The third kappa shape index (κ3) is 2.58. The molecule has 0 spiro atoms. The van der Waals surface area contributed by atoms with E-state index in [0.29, 0.717) is 12.6 Å². The standard InChI is InChI=1S/C23H26N2O/c1-26-16-18-10-11-21-20(14-18)19-8-5-9-22-23(19)25(21)13-12-24(22)15-17-6-3-2-4-7-17/h2-4,6-7,10-11,14,22H,5,8-9,12-13,15-16H2,1H3/p+1/t22-/m0/s1. The summed E-state index contributed by atoms with van der Waals surface area (Å²) in [5.41, 5.74) is 7.41. The monoisotopic (exact) mass is 347 g/mol. The molecule has 1 aromatic heterocycles. The smallest absolute Gasteiger partial charge is 0.129 e. The van der Waals surface area contributed by atoms with E-state index in [2.05, 4.69) is 53.1 Å². The lowest BCUT2D eigenvalue weighted by Crippen LogP contribution is -3.12. The molecule has 0 radical (unpaired) electrons. The number of benzene rings is 2. The van der Waals surface area contributed by atoms with Gasteiger partial charge in [0.25, 0.3) is 0 Å². The van der Waals surface area contributed by atoms with Gasteiger partial charge in [-0.3, -0.25) is 0 Å². The summed E-state index contributed by atoms with van der Waals surface area (Å²) in [7, 11) is 1.78. The summed E-state index contributed by atoms with van der Waals surface area (Å²) in [6.07, 6.45) is 3.85. The maximum atomic E-state index is 5.36. The first-order valence-electron chi connectivity index (χ1n) is 9.86. The molecule has 2 aromatic carbocycles. The highest BCUT2D eigenvalue weighted by Gasteiger charge is 2.37. The Hall–Kier alpha value is -2.10. The summed E-state index contributed by atoms with van der Waals surface area (Å²) in [6, 6.07) is 18.6. The number of nitrogens with zero attached hydrogens (tertiary/aromatic N) is 1. The number of aryl methyl sites for hydroxylation is 1. The largest absolute Gasteiger partial charge is 0.380 e. The normalized spacial score (nSPS) is 21.7. The van der Waals surface area contributed by atoms with Gasteiger partial charge in [0, 0.05) is 30.0 Å². The summed E-state index contributed by atoms with van der Waals surface area (Å²) >= 11 is 0. The summed E-state index contributed by atoms with van der Waals surface area (Å²) in [5, 5.41) is 1.47. The lowest BCUT2D eigenvalue weighted by molar-refractivity contribution is -0.950. The van der Waals surface area contributed by atoms with Crippen LogP contribution in [0.3, 0.4) is 0 Å². The Morgan fingerprint density at radius 2 is 2.00 bits per heavy atom. The quantitative estimate of drug-likeness (QED) is 0.767. The van der Waals surface area contributed by atoms with E-state index < -0.39 is 0 Å². The lowest BCUT2D eigenvalue weighted by Gasteiger charge is -2.37. The molecule has 0 saturated carbocycles. The maximum absolute atomic E-state index is 5.36. The fourth-order valence-electron chi connectivity index (χ4n) is 5.17. The average Bonchev–Trinajstić information content (AvgIpc) is 3.00. The highest BCUT2D eigenvalue weighted by atomic mass is 16.5. The molecule has 1 aliphatic heterocycles. The van der Waals surface area contributed by atoms with E-state index in [4.69, 9.17) is 4.74 Å². The number of hydrogen-bond acceptors (Lipinski definition) is 1. The molecule has 26 heavy (non-hydrogen) atoms. The van der Waals surface area contributed by atoms with E-state index in [-0.39, 0.29) is 0 Å². The minimum absolute atomic E-state index is 0.644. The van der Waals surface area contributed by atoms with Crippen LogP contribution in [0.25, 0.3) is 10.9 Å². The number of aromatic nitrogens is 1. The Kier molecular flexibility index (Phi) is 4.07. The molecule has 134 valence electrons. The molecule has 2 atom stereocenters. The summed E-state index contributed by atoms with van der Waals surface area (Å²) < 4.78 is 7.98. The van der Waals surface area contributed by atoms with Crippen LogP contribution in [-0.4, -0.2) is 18.2 Å². The van der Waals surface area contributed by atoms with Gasteiger partial charge in [-0.2, -0.15) is 0 Å². The Morgan fingerprint density at radius 3 is 2.85 bits per heavy atom. The Morgan fingerprint density at radius 1 is 1.12 bits per heavy atom. The van der Waals surface area contributed by atoms with E-state index in [9.17, 15) is 0 Å². The highest BCUT2D eigenvalue weighted by Crippen LogP contribution is 2.38. The first-order valence-corrected chi connectivity index (χ1v) is 9.86. The molecule has 0 amide bonds. The number of nitrogens with one attached hydrogen (secondary N) is 1. The zero-order valence-corrected chi connectivity index (χ0v) is 15.5. The first-order chi connectivity index (χ1) is 12.8. The van der Waals surface area contributed by atoms with Crippen LogP contribution in [0.4, 0.5) is 0 Å². The van der Waals surface area contributed by atoms with Crippen molar-refractivity contribution in [3.8, 4) is 0 Å². The number of ether oxygens (including phenoxy) is 1. The predicted molar refractivity (Wildman–Crippen MR) is 104 cm³/mol. The number of methoxy groups -OCH3 is 1. The van der Waals surface area contributed by atoms with E-state index in [1.807, 2.05) is 0 Å². The second-order valence-corrected chi connectivity index (χ2v) is 7.82. The molecule has 3 nitrogen and oxygen atoms in total. The van der Waals surface area contributed by atoms with Crippen molar-refractivity contribution in [1.82, 2.24) is 4.57 Å². The fourth-order valence-corrected chi connectivity index (χ4v) is 5.17. The lowest BCUT2D eigenvalue weighted by atomic mass is 9.89. The van der Waals surface area contributed by atoms with Crippen molar-refractivity contribution < 1.29 is 9.64 Å². The van der Waals surface area contributed by atoms with Crippen molar-refractivity contribution in [2.75, 3.05) is 13.7 Å². The van der Waals surface area contributed by atoms with Crippen molar-refractivity contribution in [2.24, 2.45) is 0 Å². The van der Waals surface area contributed by atoms with Crippen molar-refractivity contribution in [3.05, 3.63) is 70.9 Å². The third-order valence-electron chi connectivity index (χ3n) is 6.26. The molecule has 3 aromatic rings. The molecule has 0 saturated heterocycles. The molecule has 0 bridgehead atoms. The van der Waals surface area contributed by atoms with Gasteiger partial charge < -0.3 is 14.2 Å². The molecule has 1 N–H and O–H groups in total. The predicted octanol–water partition coefficient (Wildman–Crippen LogP) is 3.26. The van der Waals surface area contributed by atoms with Crippen LogP contribution in [0.1, 0.15) is 41.3 Å². The van der Waals surface area contributed by atoms with Gasteiger partial charge in [0.2, 0.25) is 0 Å². The highest BCUT2D eigenvalue weighted by molar-refractivity contribution is 5.86. The fraction of sp³-hybridized carbons (Fsp3) is 0.391. The van der Waals surface area contributed by atoms with Crippen molar-refractivity contribution in [2.45, 2.75) is 45.0 Å². The van der Waals surface area contributed by atoms with E-state index in [1.54, 1.807) is 23.3 Å². The van der Waals surface area contributed by atoms with Gasteiger partial charge in [-0.05, 0) is 36.1 Å². The van der Waals surface area contributed by atoms with E-state index in [1.165, 1.54) is 47.8 Å². The maximum Gasteiger partial charge on any atom is 0.129 e. The molecule has 1 aliphatic carbocycles. The van der Waals surface area contributed by atoms with Crippen LogP contribution in [0.2, 0.25) is 0 Å². The first kappa shape index (κ1) is 16.1. The van der Waals surface area contributed by atoms with Crippen LogP contribution in [0, 0.1) is 0 Å². The molecular weight excluding hydrogens is 320 g/mol. The van der Waals surface area contributed by atoms with Gasteiger partial charge >= 0.3 is 0 Å². The second-order valence-electron chi connectivity index (χ2n) is 7.82. The van der Waals surface area contributed by atoms with Gasteiger partial charge in [0.05, 0.1) is 25.4 Å². The average molecular weight is 347 g/mol.